The fraction of sp³-hybridized carbons (Fsp3) is 0.188. The zero-order chi connectivity index (χ0) is 14.8. The molecule has 0 aliphatic heterocycles. The number of carboxylic acid groups (broad SMARTS) is 1. The lowest BCUT2D eigenvalue weighted by molar-refractivity contribution is 0.0698. The Balaban J connectivity index is 2.12. The largest absolute Gasteiger partial charge is 0.478 e. The van der Waals surface area contributed by atoms with Gasteiger partial charge in [0.2, 0.25) is 0 Å². The molecule has 3 aromatic rings. The van der Waals surface area contributed by atoms with Crippen LogP contribution in [0.1, 0.15) is 41.0 Å². The molecule has 21 heavy (non-hydrogen) atoms. The SMILES string of the molecule is CCC(c1ccccc1)c1nc2nccc(C(=O)O)c2[nH]1. The molecule has 5 heteroatoms. The highest BCUT2D eigenvalue weighted by atomic mass is 16.4. The highest BCUT2D eigenvalue weighted by Gasteiger charge is 2.19. The molecule has 2 N–H and O–H groups in total. The monoisotopic (exact) mass is 281 g/mol. The number of nitrogens with one attached hydrogen (secondary N) is 1. The third-order valence-corrected chi connectivity index (χ3v) is 3.58. The second kappa shape index (κ2) is 5.36. The number of benzene rings is 1. The fourth-order valence-corrected chi connectivity index (χ4v) is 2.54. The summed E-state index contributed by atoms with van der Waals surface area (Å²) in [5.74, 6) is -0.132. The minimum absolute atomic E-state index is 0.0991. The van der Waals surface area contributed by atoms with Crippen molar-refractivity contribution in [3.63, 3.8) is 0 Å². The first-order chi connectivity index (χ1) is 10.2. The fourth-order valence-electron chi connectivity index (χ4n) is 2.54. The van der Waals surface area contributed by atoms with Crippen molar-refractivity contribution in [2.24, 2.45) is 0 Å². The molecule has 2 heterocycles. The van der Waals surface area contributed by atoms with Gasteiger partial charge in [0.15, 0.2) is 5.65 Å². The Bertz CT molecular complexity index is 781. The lowest BCUT2D eigenvalue weighted by atomic mass is 9.96. The van der Waals surface area contributed by atoms with Gasteiger partial charge in [-0.05, 0) is 18.1 Å². The van der Waals surface area contributed by atoms with Crippen LogP contribution in [0.2, 0.25) is 0 Å². The van der Waals surface area contributed by atoms with E-state index >= 15 is 0 Å². The number of fused-ring (bicyclic) bond motifs is 1. The summed E-state index contributed by atoms with van der Waals surface area (Å²) < 4.78 is 0. The first-order valence-corrected chi connectivity index (χ1v) is 6.83. The third kappa shape index (κ3) is 2.38. The second-order valence-electron chi connectivity index (χ2n) is 4.86. The number of aromatic nitrogens is 3. The highest BCUT2D eigenvalue weighted by Crippen LogP contribution is 2.27. The topological polar surface area (TPSA) is 78.9 Å². The van der Waals surface area contributed by atoms with Crippen molar-refractivity contribution >= 4 is 17.1 Å². The summed E-state index contributed by atoms with van der Waals surface area (Å²) in [4.78, 5) is 23.0. The van der Waals surface area contributed by atoms with E-state index in [-0.39, 0.29) is 11.5 Å². The quantitative estimate of drug-likeness (QED) is 0.769. The van der Waals surface area contributed by atoms with E-state index in [0.717, 1.165) is 17.8 Å². The van der Waals surface area contributed by atoms with Gasteiger partial charge in [0.25, 0.3) is 0 Å². The zero-order valence-electron chi connectivity index (χ0n) is 11.6. The van der Waals surface area contributed by atoms with E-state index in [2.05, 4.69) is 21.9 Å². The highest BCUT2D eigenvalue weighted by molar-refractivity contribution is 5.99. The number of imidazole rings is 1. The van der Waals surface area contributed by atoms with Crippen molar-refractivity contribution in [3.8, 4) is 0 Å². The van der Waals surface area contributed by atoms with E-state index in [0.29, 0.717) is 11.2 Å². The molecule has 2 aromatic heterocycles. The second-order valence-corrected chi connectivity index (χ2v) is 4.86. The molecule has 3 rings (SSSR count). The van der Waals surface area contributed by atoms with Gasteiger partial charge in [0, 0.05) is 12.1 Å². The van der Waals surface area contributed by atoms with Crippen LogP contribution in [0.4, 0.5) is 0 Å². The number of aromatic carboxylic acids is 1. The summed E-state index contributed by atoms with van der Waals surface area (Å²) in [6, 6.07) is 11.5. The first kappa shape index (κ1) is 13.3. The van der Waals surface area contributed by atoms with Gasteiger partial charge in [-0.1, -0.05) is 37.3 Å². The van der Waals surface area contributed by atoms with E-state index in [4.69, 9.17) is 0 Å². The maximum atomic E-state index is 11.3. The average molecular weight is 281 g/mol. The van der Waals surface area contributed by atoms with Crippen molar-refractivity contribution in [1.82, 2.24) is 15.0 Å². The van der Waals surface area contributed by atoms with Gasteiger partial charge in [-0.25, -0.2) is 14.8 Å². The predicted molar refractivity (Wildman–Crippen MR) is 79.4 cm³/mol. The molecule has 0 radical (unpaired) electrons. The van der Waals surface area contributed by atoms with Crippen LogP contribution in [-0.2, 0) is 0 Å². The molecule has 0 amide bonds. The van der Waals surface area contributed by atoms with Gasteiger partial charge >= 0.3 is 5.97 Å². The molecule has 0 saturated heterocycles. The van der Waals surface area contributed by atoms with Crippen LogP contribution in [0.15, 0.2) is 42.6 Å². The smallest absolute Gasteiger partial charge is 0.338 e. The van der Waals surface area contributed by atoms with Crippen molar-refractivity contribution < 1.29 is 9.90 Å². The normalized spacial score (nSPS) is 12.4. The van der Waals surface area contributed by atoms with Crippen LogP contribution in [0.3, 0.4) is 0 Å². The molecule has 0 aliphatic rings. The van der Waals surface area contributed by atoms with E-state index in [1.807, 2.05) is 30.3 Å². The van der Waals surface area contributed by atoms with Crippen molar-refractivity contribution in [2.75, 3.05) is 0 Å². The van der Waals surface area contributed by atoms with Gasteiger partial charge < -0.3 is 10.1 Å². The van der Waals surface area contributed by atoms with Gasteiger partial charge in [0.05, 0.1) is 11.1 Å². The van der Waals surface area contributed by atoms with Crippen LogP contribution < -0.4 is 0 Å². The number of H-pyrrole nitrogens is 1. The number of hydrogen-bond acceptors (Lipinski definition) is 3. The van der Waals surface area contributed by atoms with E-state index in [1.54, 1.807) is 0 Å². The molecule has 0 aliphatic carbocycles. The number of aromatic amines is 1. The van der Waals surface area contributed by atoms with Gasteiger partial charge in [-0.3, -0.25) is 0 Å². The van der Waals surface area contributed by atoms with Gasteiger partial charge in [-0.15, -0.1) is 0 Å². The van der Waals surface area contributed by atoms with Crippen LogP contribution in [0.5, 0.6) is 0 Å². The standard InChI is InChI=1S/C16H15N3O2/c1-2-11(10-6-4-3-5-7-10)14-18-13-12(16(20)21)8-9-17-15(13)19-14/h3-9,11H,2H2,1H3,(H,20,21)(H,17,18,19). The van der Waals surface area contributed by atoms with Crippen molar-refractivity contribution in [3.05, 3.63) is 59.5 Å². The molecular formula is C16H15N3O2. The summed E-state index contributed by atoms with van der Waals surface area (Å²) >= 11 is 0. The van der Waals surface area contributed by atoms with Gasteiger partial charge in [-0.2, -0.15) is 0 Å². The molecule has 0 fully saturated rings. The van der Waals surface area contributed by atoms with Crippen LogP contribution in [0.25, 0.3) is 11.2 Å². The maximum Gasteiger partial charge on any atom is 0.338 e. The Morgan fingerprint density at radius 1 is 1.29 bits per heavy atom. The molecule has 0 bridgehead atoms. The summed E-state index contributed by atoms with van der Waals surface area (Å²) in [7, 11) is 0. The zero-order valence-corrected chi connectivity index (χ0v) is 11.6. The Morgan fingerprint density at radius 2 is 2.05 bits per heavy atom. The number of hydrogen-bond donors (Lipinski definition) is 2. The minimum atomic E-state index is -0.981. The number of nitrogens with zero attached hydrogens (tertiary/aromatic N) is 2. The summed E-state index contributed by atoms with van der Waals surface area (Å²) in [5.41, 5.74) is 2.27. The lowest BCUT2D eigenvalue weighted by Gasteiger charge is -2.12. The number of pyridine rings is 1. The van der Waals surface area contributed by atoms with Crippen LogP contribution in [-0.4, -0.2) is 26.0 Å². The molecule has 1 aromatic carbocycles. The van der Waals surface area contributed by atoms with Crippen molar-refractivity contribution in [2.45, 2.75) is 19.3 Å². The molecule has 0 spiro atoms. The van der Waals surface area contributed by atoms with E-state index < -0.39 is 5.97 Å². The van der Waals surface area contributed by atoms with E-state index in [1.165, 1.54) is 12.3 Å². The molecule has 0 saturated carbocycles. The molecule has 1 atom stereocenters. The molecule has 106 valence electrons. The Kier molecular flexibility index (Phi) is 3.39. The van der Waals surface area contributed by atoms with Crippen LogP contribution in [0, 0.1) is 0 Å². The summed E-state index contributed by atoms with van der Waals surface area (Å²) in [6.07, 6.45) is 2.34. The predicted octanol–water partition coefficient (Wildman–Crippen LogP) is 3.20. The van der Waals surface area contributed by atoms with Crippen molar-refractivity contribution in [1.29, 1.82) is 0 Å². The Morgan fingerprint density at radius 3 is 2.71 bits per heavy atom. The van der Waals surface area contributed by atoms with Gasteiger partial charge in [0.1, 0.15) is 5.82 Å². The molecule has 5 nitrogen and oxygen atoms in total. The Hall–Kier alpha value is -2.69. The summed E-state index contributed by atoms with van der Waals surface area (Å²) in [6.45, 7) is 2.08. The molecule has 1 unspecified atom stereocenters. The first-order valence-electron chi connectivity index (χ1n) is 6.83. The number of carboxylic acids is 1. The summed E-state index contributed by atoms with van der Waals surface area (Å²) in [5, 5.41) is 9.23. The number of rotatable bonds is 4. The average Bonchev–Trinajstić information content (AvgIpc) is 2.92. The minimum Gasteiger partial charge on any atom is -0.478 e. The Labute approximate surface area is 121 Å². The molecular weight excluding hydrogens is 266 g/mol. The maximum absolute atomic E-state index is 11.3. The van der Waals surface area contributed by atoms with Crippen LogP contribution >= 0.6 is 0 Å². The lowest BCUT2D eigenvalue weighted by Crippen LogP contribution is -2.02. The number of carbonyl (C=O) groups is 1. The third-order valence-electron chi connectivity index (χ3n) is 3.58. The van der Waals surface area contributed by atoms with E-state index in [9.17, 15) is 9.90 Å².